The van der Waals surface area contributed by atoms with Gasteiger partial charge in [-0.25, -0.2) is 0 Å². The van der Waals surface area contributed by atoms with Crippen LogP contribution in [0.2, 0.25) is 0 Å². The smallest absolute Gasteiger partial charge is 0.157 e. The Morgan fingerprint density at radius 2 is 2.07 bits per heavy atom. The second-order valence-electron chi connectivity index (χ2n) is 5.83. The number of hydrogen-bond acceptors (Lipinski definition) is 2. The van der Waals surface area contributed by atoms with Crippen molar-refractivity contribution in [1.29, 1.82) is 0 Å². The number of nitrogens with zero attached hydrogens (tertiary/aromatic N) is 1. The summed E-state index contributed by atoms with van der Waals surface area (Å²) in [6.45, 7) is 10.1. The van der Waals surface area contributed by atoms with Crippen molar-refractivity contribution in [3.63, 3.8) is 0 Å². The van der Waals surface area contributed by atoms with E-state index in [-0.39, 0.29) is 5.54 Å². The van der Waals surface area contributed by atoms with E-state index >= 15 is 0 Å². The first-order valence-electron chi connectivity index (χ1n) is 5.34. The van der Waals surface area contributed by atoms with Crippen LogP contribution in [0.3, 0.4) is 0 Å². The standard InChI is InChI=1S/C11H20N2S/c1-10(2)5-8(10)6-12-9-13-11(3,4)7-14-9/h8H,5-7H2,1-4H3,(H,12,13). The zero-order valence-corrected chi connectivity index (χ0v) is 10.4. The molecule has 14 heavy (non-hydrogen) atoms. The summed E-state index contributed by atoms with van der Waals surface area (Å²) in [5, 5.41) is 4.60. The molecule has 0 radical (unpaired) electrons. The van der Waals surface area contributed by atoms with Gasteiger partial charge < -0.3 is 5.32 Å². The van der Waals surface area contributed by atoms with E-state index in [2.05, 4.69) is 38.0 Å². The fourth-order valence-corrected chi connectivity index (χ4v) is 2.86. The molecule has 2 fully saturated rings. The summed E-state index contributed by atoms with van der Waals surface area (Å²) < 4.78 is 0. The Kier molecular flexibility index (Phi) is 2.33. The highest BCUT2D eigenvalue weighted by atomic mass is 32.2. The van der Waals surface area contributed by atoms with Crippen LogP contribution in [0, 0.1) is 11.3 Å². The molecule has 0 bridgehead atoms. The van der Waals surface area contributed by atoms with E-state index in [4.69, 9.17) is 0 Å². The summed E-state index contributed by atoms with van der Waals surface area (Å²) in [6, 6.07) is 0. The van der Waals surface area contributed by atoms with Crippen molar-refractivity contribution in [3.05, 3.63) is 0 Å². The second kappa shape index (κ2) is 3.16. The van der Waals surface area contributed by atoms with Gasteiger partial charge in [-0.1, -0.05) is 25.6 Å². The minimum absolute atomic E-state index is 0.239. The van der Waals surface area contributed by atoms with Crippen LogP contribution in [0.15, 0.2) is 4.99 Å². The molecule has 1 unspecified atom stereocenters. The molecular formula is C11H20N2S. The average molecular weight is 212 g/mol. The van der Waals surface area contributed by atoms with Gasteiger partial charge in [0, 0.05) is 17.8 Å². The molecule has 80 valence electrons. The van der Waals surface area contributed by atoms with Crippen molar-refractivity contribution in [3.8, 4) is 0 Å². The highest BCUT2D eigenvalue weighted by Crippen LogP contribution is 2.51. The van der Waals surface area contributed by atoms with Gasteiger partial charge in [-0.2, -0.15) is 0 Å². The number of nitrogens with one attached hydrogen (secondary N) is 1. The summed E-state index contributed by atoms with van der Waals surface area (Å²) in [4.78, 5) is 4.64. The maximum absolute atomic E-state index is 4.64. The van der Waals surface area contributed by atoms with Gasteiger partial charge in [0.25, 0.3) is 0 Å². The minimum atomic E-state index is 0.239. The molecule has 1 aliphatic carbocycles. The maximum atomic E-state index is 4.64. The summed E-state index contributed by atoms with van der Waals surface area (Å²) >= 11 is 1.86. The maximum Gasteiger partial charge on any atom is 0.157 e. The second-order valence-corrected chi connectivity index (χ2v) is 6.80. The number of rotatable bonds is 2. The molecule has 0 amide bonds. The molecule has 2 rings (SSSR count). The summed E-state index contributed by atoms with van der Waals surface area (Å²) in [6.07, 6.45) is 1.35. The largest absolute Gasteiger partial charge is 0.359 e. The molecule has 2 aliphatic rings. The van der Waals surface area contributed by atoms with Crippen LogP contribution in [0.25, 0.3) is 0 Å². The summed E-state index contributed by atoms with van der Waals surface area (Å²) in [5.74, 6) is 1.96. The van der Waals surface area contributed by atoms with E-state index in [1.165, 1.54) is 6.42 Å². The monoisotopic (exact) mass is 212 g/mol. The SMILES string of the molecule is CC1(C)CSC(=NCC2CC2(C)C)N1. The zero-order chi connectivity index (χ0) is 10.4. The van der Waals surface area contributed by atoms with E-state index in [1.807, 2.05) is 11.8 Å². The Labute approximate surface area is 90.9 Å². The predicted molar refractivity (Wildman–Crippen MR) is 63.9 cm³/mol. The zero-order valence-electron chi connectivity index (χ0n) is 9.55. The minimum Gasteiger partial charge on any atom is -0.359 e. The van der Waals surface area contributed by atoms with Crippen LogP contribution >= 0.6 is 11.8 Å². The van der Waals surface area contributed by atoms with Crippen molar-refractivity contribution < 1.29 is 0 Å². The molecule has 0 aromatic rings. The number of hydrogen-bond donors (Lipinski definition) is 1. The van der Waals surface area contributed by atoms with Crippen molar-refractivity contribution in [2.75, 3.05) is 12.3 Å². The lowest BCUT2D eigenvalue weighted by atomic mass is 10.1. The van der Waals surface area contributed by atoms with E-state index in [9.17, 15) is 0 Å². The first-order valence-corrected chi connectivity index (χ1v) is 6.33. The van der Waals surface area contributed by atoms with Gasteiger partial charge in [0.15, 0.2) is 5.17 Å². The molecule has 1 saturated heterocycles. The Bertz CT molecular complexity index is 268. The highest BCUT2D eigenvalue weighted by molar-refractivity contribution is 8.14. The molecule has 0 aromatic heterocycles. The molecule has 1 heterocycles. The number of aliphatic imine (C=N–C) groups is 1. The first-order chi connectivity index (χ1) is 6.39. The van der Waals surface area contributed by atoms with E-state index in [0.717, 1.165) is 23.4 Å². The van der Waals surface area contributed by atoms with Gasteiger partial charge in [0.2, 0.25) is 0 Å². The molecule has 1 saturated carbocycles. The van der Waals surface area contributed by atoms with Gasteiger partial charge in [-0.15, -0.1) is 0 Å². The van der Waals surface area contributed by atoms with Gasteiger partial charge >= 0.3 is 0 Å². The number of amidine groups is 1. The van der Waals surface area contributed by atoms with Crippen LogP contribution < -0.4 is 5.32 Å². The van der Waals surface area contributed by atoms with Crippen molar-refractivity contribution in [1.82, 2.24) is 5.32 Å². The Balaban J connectivity index is 1.83. The molecule has 1 N–H and O–H groups in total. The molecule has 1 aliphatic heterocycles. The lowest BCUT2D eigenvalue weighted by Crippen LogP contribution is -2.37. The third-order valence-electron chi connectivity index (χ3n) is 3.19. The third-order valence-corrected chi connectivity index (χ3v) is 4.56. The predicted octanol–water partition coefficient (Wildman–Crippen LogP) is 2.50. The Morgan fingerprint density at radius 1 is 1.43 bits per heavy atom. The summed E-state index contributed by atoms with van der Waals surface area (Å²) in [5.41, 5.74) is 0.797. The topological polar surface area (TPSA) is 24.4 Å². The van der Waals surface area contributed by atoms with Gasteiger partial charge in [-0.05, 0) is 31.6 Å². The van der Waals surface area contributed by atoms with E-state index < -0.39 is 0 Å². The molecule has 3 heteroatoms. The van der Waals surface area contributed by atoms with Gasteiger partial charge in [0.05, 0.1) is 0 Å². The van der Waals surface area contributed by atoms with E-state index in [0.29, 0.717) is 5.41 Å². The average Bonchev–Trinajstić information content (AvgIpc) is 2.48. The lowest BCUT2D eigenvalue weighted by Gasteiger charge is -2.15. The van der Waals surface area contributed by atoms with Crippen molar-refractivity contribution in [2.45, 2.75) is 39.7 Å². The normalized spacial score (nSPS) is 35.7. The quantitative estimate of drug-likeness (QED) is 0.760. The van der Waals surface area contributed by atoms with Crippen LogP contribution in [-0.4, -0.2) is 23.0 Å². The van der Waals surface area contributed by atoms with Crippen LogP contribution in [-0.2, 0) is 0 Å². The van der Waals surface area contributed by atoms with Gasteiger partial charge in [0.1, 0.15) is 0 Å². The van der Waals surface area contributed by atoms with Crippen molar-refractivity contribution >= 4 is 16.9 Å². The fourth-order valence-electron chi connectivity index (χ4n) is 1.78. The first kappa shape index (κ1) is 10.3. The third kappa shape index (κ3) is 2.25. The van der Waals surface area contributed by atoms with Crippen molar-refractivity contribution in [2.24, 2.45) is 16.3 Å². The highest BCUT2D eigenvalue weighted by Gasteiger charge is 2.45. The van der Waals surface area contributed by atoms with Crippen LogP contribution in [0.1, 0.15) is 34.1 Å². The summed E-state index contributed by atoms with van der Waals surface area (Å²) in [7, 11) is 0. The van der Waals surface area contributed by atoms with Crippen LogP contribution in [0.4, 0.5) is 0 Å². The van der Waals surface area contributed by atoms with Crippen LogP contribution in [0.5, 0.6) is 0 Å². The Hall–Kier alpha value is -0.180. The number of thioether (sulfide) groups is 1. The molecule has 2 nitrogen and oxygen atoms in total. The fraction of sp³-hybridized carbons (Fsp3) is 0.909. The van der Waals surface area contributed by atoms with E-state index in [1.54, 1.807) is 0 Å². The van der Waals surface area contributed by atoms with Gasteiger partial charge in [-0.3, -0.25) is 4.99 Å². The molecule has 1 atom stereocenters. The lowest BCUT2D eigenvalue weighted by molar-refractivity contribution is 0.533. The molecular weight excluding hydrogens is 192 g/mol. The Morgan fingerprint density at radius 3 is 2.50 bits per heavy atom. The molecule has 0 aromatic carbocycles. The molecule has 0 spiro atoms.